The Morgan fingerprint density at radius 2 is 2.42 bits per heavy atom. The maximum absolute atomic E-state index is 12.5. The minimum atomic E-state index is -0.0630. The van der Waals surface area contributed by atoms with Crippen molar-refractivity contribution in [2.24, 2.45) is 11.7 Å². The lowest BCUT2D eigenvalue weighted by molar-refractivity contribution is -0.0737. The highest BCUT2D eigenvalue weighted by Gasteiger charge is 2.43. The molecular formula is C14H19NO3S. The van der Waals surface area contributed by atoms with Crippen LogP contribution >= 0.6 is 11.8 Å². The summed E-state index contributed by atoms with van der Waals surface area (Å²) in [5.41, 5.74) is 5.45. The van der Waals surface area contributed by atoms with Crippen LogP contribution in [0.1, 0.15) is 35.6 Å². The molecule has 0 aromatic carbocycles. The van der Waals surface area contributed by atoms with Crippen LogP contribution in [0.2, 0.25) is 0 Å². The SMILES string of the molecule is NCc1ccc(C(=O)C2CCOC3(CCSC3)C2)o1. The minimum Gasteiger partial charge on any atom is -0.457 e. The fraction of sp³-hybridized carbons (Fsp3) is 0.643. The second kappa shape index (κ2) is 5.31. The molecule has 2 atom stereocenters. The monoisotopic (exact) mass is 281 g/mol. The third kappa shape index (κ3) is 2.59. The topological polar surface area (TPSA) is 65.5 Å². The number of nitrogens with two attached hydrogens (primary N) is 1. The van der Waals surface area contributed by atoms with Crippen molar-refractivity contribution in [3.8, 4) is 0 Å². The van der Waals surface area contributed by atoms with Crippen LogP contribution in [0.15, 0.2) is 16.5 Å². The zero-order valence-electron chi connectivity index (χ0n) is 10.9. The van der Waals surface area contributed by atoms with Crippen molar-refractivity contribution >= 4 is 17.5 Å². The normalized spacial score (nSPS) is 30.9. The summed E-state index contributed by atoms with van der Waals surface area (Å²) in [7, 11) is 0. The van der Waals surface area contributed by atoms with E-state index in [9.17, 15) is 4.79 Å². The fourth-order valence-electron chi connectivity index (χ4n) is 2.94. The largest absolute Gasteiger partial charge is 0.457 e. The Bertz CT molecular complexity index is 465. The molecule has 1 spiro atoms. The van der Waals surface area contributed by atoms with E-state index in [2.05, 4.69) is 0 Å². The van der Waals surface area contributed by atoms with Gasteiger partial charge >= 0.3 is 0 Å². The molecule has 0 bridgehead atoms. The van der Waals surface area contributed by atoms with Gasteiger partial charge in [-0.05, 0) is 37.1 Å². The molecule has 0 radical (unpaired) electrons. The van der Waals surface area contributed by atoms with E-state index in [0.717, 1.165) is 30.8 Å². The molecule has 2 unspecified atom stereocenters. The van der Waals surface area contributed by atoms with Crippen molar-refractivity contribution in [1.82, 2.24) is 0 Å². The number of carbonyl (C=O) groups is 1. The van der Waals surface area contributed by atoms with Gasteiger partial charge in [0.25, 0.3) is 0 Å². The fourth-order valence-corrected chi connectivity index (χ4v) is 4.31. The quantitative estimate of drug-likeness (QED) is 0.861. The van der Waals surface area contributed by atoms with Crippen LogP contribution in [-0.2, 0) is 11.3 Å². The predicted molar refractivity (Wildman–Crippen MR) is 74.3 cm³/mol. The summed E-state index contributed by atoms with van der Waals surface area (Å²) in [6.07, 6.45) is 2.69. The number of ketones is 1. The van der Waals surface area contributed by atoms with Gasteiger partial charge in [-0.1, -0.05) is 0 Å². The lowest BCUT2D eigenvalue weighted by Gasteiger charge is -2.36. The van der Waals surface area contributed by atoms with Crippen molar-refractivity contribution in [3.63, 3.8) is 0 Å². The smallest absolute Gasteiger partial charge is 0.201 e. The van der Waals surface area contributed by atoms with Crippen molar-refractivity contribution in [2.45, 2.75) is 31.4 Å². The third-order valence-corrected chi connectivity index (χ3v) is 5.26. The first-order valence-electron chi connectivity index (χ1n) is 6.77. The lowest BCUT2D eigenvalue weighted by atomic mass is 9.82. The molecule has 0 amide bonds. The number of rotatable bonds is 3. The van der Waals surface area contributed by atoms with E-state index in [1.807, 2.05) is 11.8 Å². The average Bonchev–Trinajstić information content (AvgIpc) is 3.07. The Morgan fingerprint density at radius 3 is 3.11 bits per heavy atom. The highest BCUT2D eigenvalue weighted by atomic mass is 32.2. The van der Waals surface area contributed by atoms with Gasteiger partial charge in [-0.2, -0.15) is 11.8 Å². The van der Waals surface area contributed by atoms with E-state index in [4.69, 9.17) is 14.9 Å². The number of thioether (sulfide) groups is 1. The van der Waals surface area contributed by atoms with Crippen LogP contribution < -0.4 is 5.73 Å². The first-order valence-corrected chi connectivity index (χ1v) is 7.93. The van der Waals surface area contributed by atoms with Crippen molar-refractivity contribution in [1.29, 1.82) is 0 Å². The van der Waals surface area contributed by atoms with E-state index < -0.39 is 0 Å². The summed E-state index contributed by atoms with van der Waals surface area (Å²) in [6.45, 7) is 1.02. The Morgan fingerprint density at radius 1 is 1.53 bits per heavy atom. The first kappa shape index (κ1) is 13.2. The molecule has 1 aromatic heterocycles. The van der Waals surface area contributed by atoms with Gasteiger partial charge in [-0.3, -0.25) is 4.79 Å². The predicted octanol–water partition coefficient (Wildman–Crippen LogP) is 2.22. The molecule has 2 aliphatic rings. The number of carbonyl (C=O) groups excluding carboxylic acids is 1. The minimum absolute atomic E-state index is 0.0317. The summed E-state index contributed by atoms with van der Waals surface area (Å²) in [5.74, 6) is 3.42. The number of ether oxygens (including phenoxy) is 1. The Balaban J connectivity index is 1.72. The number of hydrogen-bond donors (Lipinski definition) is 1. The summed E-state index contributed by atoms with van der Waals surface area (Å²) in [6, 6.07) is 3.53. The second-order valence-corrected chi connectivity index (χ2v) is 6.46. The summed E-state index contributed by atoms with van der Waals surface area (Å²) < 4.78 is 11.4. The van der Waals surface area contributed by atoms with E-state index in [1.165, 1.54) is 0 Å². The molecule has 4 nitrogen and oxygen atoms in total. The molecule has 19 heavy (non-hydrogen) atoms. The van der Waals surface area contributed by atoms with Gasteiger partial charge in [-0.15, -0.1) is 0 Å². The van der Waals surface area contributed by atoms with Crippen LogP contribution in [0.25, 0.3) is 0 Å². The Hall–Kier alpha value is -0.780. The Kier molecular flexibility index (Phi) is 3.69. The van der Waals surface area contributed by atoms with E-state index in [0.29, 0.717) is 24.7 Å². The van der Waals surface area contributed by atoms with Crippen molar-refractivity contribution in [3.05, 3.63) is 23.7 Å². The van der Waals surface area contributed by atoms with Crippen LogP contribution in [0.5, 0.6) is 0 Å². The zero-order chi connectivity index (χ0) is 13.3. The lowest BCUT2D eigenvalue weighted by Crippen LogP contribution is -2.42. The first-order chi connectivity index (χ1) is 9.22. The molecule has 2 fully saturated rings. The van der Waals surface area contributed by atoms with Crippen molar-refractivity contribution < 1.29 is 13.9 Å². The molecule has 2 saturated heterocycles. The molecule has 0 saturated carbocycles. The Labute approximate surface area is 117 Å². The number of furan rings is 1. The van der Waals surface area contributed by atoms with Crippen LogP contribution in [0.3, 0.4) is 0 Å². The highest BCUT2D eigenvalue weighted by molar-refractivity contribution is 7.99. The van der Waals surface area contributed by atoms with Gasteiger partial charge in [0.2, 0.25) is 5.78 Å². The zero-order valence-corrected chi connectivity index (χ0v) is 11.7. The number of hydrogen-bond acceptors (Lipinski definition) is 5. The van der Waals surface area contributed by atoms with Crippen LogP contribution in [-0.4, -0.2) is 29.5 Å². The third-order valence-electron chi connectivity index (χ3n) is 4.04. The van der Waals surface area contributed by atoms with E-state index >= 15 is 0 Å². The average molecular weight is 281 g/mol. The molecule has 0 aliphatic carbocycles. The molecule has 104 valence electrons. The number of Topliss-reactive ketones (excluding diaryl/α,β-unsaturated/α-hetero) is 1. The maximum Gasteiger partial charge on any atom is 0.201 e. The van der Waals surface area contributed by atoms with Crippen molar-refractivity contribution in [2.75, 3.05) is 18.1 Å². The summed E-state index contributed by atoms with van der Waals surface area (Å²) in [5, 5.41) is 0. The van der Waals surface area contributed by atoms with E-state index in [1.54, 1.807) is 12.1 Å². The van der Waals surface area contributed by atoms with Crippen LogP contribution in [0.4, 0.5) is 0 Å². The maximum atomic E-state index is 12.5. The molecule has 1 aromatic rings. The van der Waals surface area contributed by atoms with Crippen LogP contribution in [0, 0.1) is 5.92 Å². The molecule has 3 heterocycles. The second-order valence-electron chi connectivity index (χ2n) is 5.36. The molecular weight excluding hydrogens is 262 g/mol. The standard InChI is InChI=1S/C14H19NO3S/c15-8-11-1-2-12(18-11)13(16)10-3-5-17-14(7-10)4-6-19-9-14/h1-2,10H,3-9,15H2. The van der Waals surface area contributed by atoms with Gasteiger partial charge in [0.1, 0.15) is 5.76 Å². The molecule has 2 N–H and O–H groups in total. The molecule has 3 rings (SSSR count). The van der Waals surface area contributed by atoms with E-state index in [-0.39, 0.29) is 17.3 Å². The molecule has 2 aliphatic heterocycles. The summed E-state index contributed by atoms with van der Waals surface area (Å²) >= 11 is 1.92. The van der Waals surface area contributed by atoms with Gasteiger partial charge in [-0.25, -0.2) is 0 Å². The van der Waals surface area contributed by atoms with Gasteiger partial charge in [0.15, 0.2) is 5.76 Å². The molecule has 5 heteroatoms. The summed E-state index contributed by atoms with van der Waals surface area (Å²) in [4.78, 5) is 12.5. The van der Waals surface area contributed by atoms with Gasteiger partial charge in [0, 0.05) is 18.3 Å². The van der Waals surface area contributed by atoms with Gasteiger partial charge in [0.05, 0.1) is 12.1 Å². The van der Waals surface area contributed by atoms with Gasteiger partial charge < -0.3 is 14.9 Å². The highest BCUT2D eigenvalue weighted by Crippen LogP contribution is 2.41.